The number of rotatable bonds is 5. The van der Waals surface area contributed by atoms with E-state index in [9.17, 15) is 13.2 Å². The van der Waals surface area contributed by atoms with Crippen LogP contribution in [0.1, 0.15) is 31.4 Å². The second-order valence-corrected chi connectivity index (χ2v) is 4.88. The highest BCUT2D eigenvalue weighted by Crippen LogP contribution is 2.33. The lowest BCUT2D eigenvalue weighted by Gasteiger charge is -2.23. The molecule has 6 heteroatoms. The van der Waals surface area contributed by atoms with E-state index in [1.54, 1.807) is 6.07 Å². The smallest absolute Gasteiger partial charge is 0.396 e. The lowest BCUT2D eigenvalue weighted by molar-refractivity contribution is -0.137. The van der Waals surface area contributed by atoms with Crippen molar-refractivity contribution in [3.63, 3.8) is 0 Å². The monoisotopic (exact) mass is 286 g/mol. The molecule has 0 saturated carbocycles. The summed E-state index contributed by atoms with van der Waals surface area (Å²) in [6.07, 6.45) is -4.12. The molecule has 0 bridgehead atoms. The molecule has 0 amide bonds. The summed E-state index contributed by atoms with van der Waals surface area (Å²) in [6, 6.07) is 4.95. The van der Waals surface area contributed by atoms with Crippen LogP contribution in [0.25, 0.3) is 0 Å². The molecule has 3 nitrogen and oxygen atoms in total. The van der Waals surface area contributed by atoms with Crippen molar-refractivity contribution in [3.05, 3.63) is 29.3 Å². The normalized spacial score (nSPS) is 13.1. The zero-order chi connectivity index (χ0) is 15.3. The maximum atomic E-state index is 12.8. The number of nitrogens with zero attached hydrogens (tertiary/aromatic N) is 1. The Morgan fingerprint density at radius 1 is 1.35 bits per heavy atom. The molecule has 0 radical (unpaired) electrons. The first kappa shape index (κ1) is 16.3. The Morgan fingerprint density at radius 2 is 2.00 bits per heavy atom. The van der Waals surface area contributed by atoms with E-state index in [-0.39, 0.29) is 18.6 Å². The highest BCUT2D eigenvalue weighted by molar-refractivity contribution is 5.53. The average molecular weight is 286 g/mol. The van der Waals surface area contributed by atoms with Crippen molar-refractivity contribution in [2.24, 2.45) is 5.92 Å². The molecule has 0 fully saturated rings. The summed E-state index contributed by atoms with van der Waals surface area (Å²) in [5.41, 5.74) is -1.05. The fourth-order valence-corrected chi connectivity index (χ4v) is 1.89. The summed E-state index contributed by atoms with van der Waals surface area (Å²) in [5.74, 6) is 0.159. The van der Waals surface area contributed by atoms with Gasteiger partial charge in [-0.25, -0.2) is 0 Å². The first-order chi connectivity index (χ1) is 9.29. The average Bonchev–Trinajstić information content (AvgIpc) is 2.37. The molecule has 0 aromatic heterocycles. The molecular formula is C14H17F3N2O. The van der Waals surface area contributed by atoms with Crippen molar-refractivity contribution < 1.29 is 18.3 Å². The number of nitrogens with one attached hydrogen (secondary N) is 1. The summed E-state index contributed by atoms with van der Waals surface area (Å²) < 4.78 is 38.5. The van der Waals surface area contributed by atoms with E-state index >= 15 is 0 Å². The fraction of sp³-hybridized carbons (Fsp3) is 0.500. The van der Waals surface area contributed by atoms with Gasteiger partial charge in [-0.2, -0.15) is 18.4 Å². The van der Waals surface area contributed by atoms with E-state index in [1.165, 1.54) is 6.07 Å². The first-order valence-corrected chi connectivity index (χ1v) is 6.28. The number of anilines is 1. The van der Waals surface area contributed by atoms with E-state index < -0.39 is 17.3 Å². The molecule has 20 heavy (non-hydrogen) atoms. The maximum absolute atomic E-state index is 12.8. The fourth-order valence-electron chi connectivity index (χ4n) is 1.89. The number of aliphatic hydroxyl groups is 1. The van der Waals surface area contributed by atoms with Gasteiger partial charge < -0.3 is 10.4 Å². The summed E-state index contributed by atoms with van der Waals surface area (Å²) in [5, 5.41) is 20.7. The molecule has 0 aliphatic rings. The molecule has 1 rings (SSSR count). The minimum Gasteiger partial charge on any atom is -0.396 e. The molecule has 0 heterocycles. The van der Waals surface area contributed by atoms with E-state index in [2.05, 4.69) is 5.32 Å². The van der Waals surface area contributed by atoms with Crippen LogP contribution in [0.4, 0.5) is 18.9 Å². The minimum absolute atomic E-state index is 0.0434. The maximum Gasteiger partial charge on any atom is 0.417 e. The first-order valence-electron chi connectivity index (χ1n) is 6.28. The quantitative estimate of drug-likeness (QED) is 0.872. The van der Waals surface area contributed by atoms with Crippen LogP contribution in [-0.2, 0) is 6.18 Å². The number of hydrogen-bond donors (Lipinski definition) is 2. The molecule has 0 aliphatic heterocycles. The van der Waals surface area contributed by atoms with Crippen molar-refractivity contribution in [1.82, 2.24) is 0 Å². The molecule has 0 saturated heterocycles. The molecule has 1 aromatic carbocycles. The third-order valence-electron chi connectivity index (χ3n) is 3.04. The third kappa shape index (κ3) is 4.14. The standard InChI is InChI=1S/C14H17F3N2O/c1-9(2)13(5-6-20)19-11-4-3-10(8-18)12(7-11)14(15,16)17/h3-4,7,9,13,19-20H,5-6H2,1-2H3/t13-/m0/s1. The lowest BCUT2D eigenvalue weighted by atomic mass is 10.00. The summed E-state index contributed by atoms with van der Waals surface area (Å²) in [7, 11) is 0. The van der Waals surface area contributed by atoms with Gasteiger partial charge in [-0.15, -0.1) is 0 Å². The molecule has 1 atom stereocenters. The van der Waals surface area contributed by atoms with Crippen molar-refractivity contribution >= 4 is 5.69 Å². The largest absolute Gasteiger partial charge is 0.417 e. The van der Waals surface area contributed by atoms with E-state index in [0.717, 1.165) is 12.1 Å². The Labute approximate surface area is 116 Å². The summed E-state index contributed by atoms with van der Waals surface area (Å²) in [6.45, 7) is 3.79. The Hall–Kier alpha value is -1.74. The van der Waals surface area contributed by atoms with Gasteiger partial charge in [0.2, 0.25) is 0 Å². The van der Waals surface area contributed by atoms with Crippen molar-refractivity contribution in [2.45, 2.75) is 32.5 Å². The number of benzene rings is 1. The van der Waals surface area contributed by atoms with Crippen molar-refractivity contribution in [3.8, 4) is 6.07 Å². The lowest BCUT2D eigenvalue weighted by Crippen LogP contribution is -2.27. The van der Waals surface area contributed by atoms with Gasteiger partial charge in [0, 0.05) is 18.3 Å². The van der Waals surface area contributed by atoms with Crippen LogP contribution in [0.15, 0.2) is 18.2 Å². The number of alkyl halides is 3. The number of hydrogen-bond acceptors (Lipinski definition) is 3. The van der Waals surface area contributed by atoms with Gasteiger partial charge in [0.05, 0.1) is 17.2 Å². The Morgan fingerprint density at radius 3 is 2.45 bits per heavy atom. The van der Waals surface area contributed by atoms with E-state index in [0.29, 0.717) is 12.1 Å². The van der Waals surface area contributed by atoms with Gasteiger partial charge in [0.15, 0.2) is 0 Å². The Bertz CT molecular complexity index is 492. The molecule has 1 aromatic rings. The predicted molar refractivity (Wildman–Crippen MR) is 70.1 cm³/mol. The molecular weight excluding hydrogens is 269 g/mol. The van der Waals surface area contributed by atoms with E-state index in [4.69, 9.17) is 10.4 Å². The Balaban J connectivity index is 3.06. The number of halogens is 3. The van der Waals surface area contributed by atoms with Crippen LogP contribution in [0.2, 0.25) is 0 Å². The van der Waals surface area contributed by atoms with E-state index in [1.807, 2.05) is 13.8 Å². The molecule has 0 aliphatic carbocycles. The third-order valence-corrected chi connectivity index (χ3v) is 3.04. The summed E-state index contributed by atoms with van der Waals surface area (Å²) >= 11 is 0. The Kier molecular flexibility index (Phi) is 5.40. The van der Waals surface area contributed by atoms with Crippen LogP contribution in [-0.4, -0.2) is 17.8 Å². The molecule has 2 N–H and O–H groups in total. The van der Waals surface area contributed by atoms with Gasteiger partial charge >= 0.3 is 6.18 Å². The van der Waals surface area contributed by atoms with Gasteiger partial charge in [0.1, 0.15) is 0 Å². The predicted octanol–water partition coefficient (Wildman–Crippen LogP) is 3.40. The molecule has 0 spiro atoms. The minimum atomic E-state index is -4.56. The topological polar surface area (TPSA) is 56.0 Å². The zero-order valence-corrected chi connectivity index (χ0v) is 11.3. The van der Waals surface area contributed by atoms with Crippen LogP contribution in [0, 0.1) is 17.2 Å². The van der Waals surface area contributed by atoms with Crippen LogP contribution < -0.4 is 5.32 Å². The second-order valence-electron chi connectivity index (χ2n) is 4.88. The van der Waals surface area contributed by atoms with Gasteiger partial charge in [-0.1, -0.05) is 13.8 Å². The molecule has 110 valence electrons. The molecule has 0 unspecified atom stereocenters. The SMILES string of the molecule is CC(C)[C@H](CCO)Nc1ccc(C#N)c(C(F)(F)F)c1. The van der Waals surface area contributed by atoms with Gasteiger partial charge in [-0.3, -0.25) is 0 Å². The highest BCUT2D eigenvalue weighted by atomic mass is 19.4. The van der Waals surface area contributed by atoms with Crippen molar-refractivity contribution in [1.29, 1.82) is 5.26 Å². The number of nitriles is 1. The van der Waals surface area contributed by atoms with Crippen LogP contribution in [0.5, 0.6) is 0 Å². The van der Waals surface area contributed by atoms with Crippen molar-refractivity contribution in [2.75, 3.05) is 11.9 Å². The summed E-state index contributed by atoms with van der Waals surface area (Å²) in [4.78, 5) is 0. The number of aliphatic hydroxyl groups excluding tert-OH is 1. The van der Waals surface area contributed by atoms with Crippen LogP contribution in [0.3, 0.4) is 0 Å². The van der Waals surface area contributed by atoms with Gasteiger partial charge in [-0.05, 0) is 30.5 Å². The zero-order valence-electron chi connectivity index (χ0n) is 11.3. The highest BCUT2D eigenvalue weighted by Gasteiger charge is 2.34. The second kappa shape index (κ2) is 6.62. The van der Waals surface area contributed by atoms with Gasteiger partial charge in [0.25, 0.3) is 0 Å². The van der Waals surface area contributed by atoms with Crippen LogP contribution >= 0.6 is 0 Å².